The van der Waals surface area contributed by atoms with Crippen LogP contribution in [0.5, 0.6) is 0 Å². The minimum atomic E-state index is 0. The van der Waals surface area contributed by atoms with Crippen LogP contribution in [0.2, 0.25) is 0 Å². The smallest absolute Gasteiger partial charge is 0.0675 e. The minimum absolute atomic E-state index is 0. The molecule has 0 saturated heterocycles. The molecule has 0 unspecified atom stereocenters. The van der Waals surface area contributed by atoms with Crippen molar-refractivity contribution in [3.8, 4) is 0 Å². The summed E-state index contributed by atoms with van der Waals surface area (Å²) < 4.78 is 8.00. The van der Waals surface area contributed by atoms with Crippen LogP contribution < -0.4 is 43.1 Å². The van der Waals surface area contributed by atoms with Crippen molar-refractivity contribution in [2.24, 2.45) is 0 Å². The Balaban J connectivity index is -0.0000000188. The maximum absolute atomic E-state index is 2.12. The van der Waals surface area contributed by atoms with E-state index >= 15 is 0 Å². The zero-order valence-corrected chi connectivity index (χ0v) is 40.5. The van der Waals surface area contributed by atoms with Gasteiger partial charge in [-0.3, -0.25) is 0 Å². The molecule has 0 atom stereocenters. The molecule has 15 heteroatoms. The van der Waals surface area contributed by atoms with Crippen LogP contribution in [-0.4, -0.2) is 261 Å². The quantitative estimate of drug-likeness (QED) is 0.183. The van der Waals surface area contributed by atoms with E-state index in [1.54, 1.807) is 0 Å². The van der Waals surface area contributed by atoms with Gasteiger partial charge in [0.25, 0.3) is 0 Å². The molecule has 0 fully saturated rings. The Bertz CT molecular complexity index is 311. The van der Waals surface area contributed by atoms with Gasteiger partial charge < -0.3 is 78.9 Å². The predicted octanol–water partition coefficient (Wildman–Crippen LogP) is 3.71. The van der Waals surface area contributed by atoms with Crippen LogP contribution in [0.15, 0.2) is 0 Å². The van der Waals surface area contributed by atoms with Gasteiger partial charge in [0.05, 0.1) is 226 Å². The lowest BCUT2D eigenvalue weighted by atomic mass is 10.8. The molecule has 21 N–H and O–H groups in total. The molecule has 15 nitrogen and oxygen atoms in total. The third-order valence-electron chi connectivity index (χ3n) is 0. The zero-order valence-electron chi connectivity index (χ0n) is 40.5. The second-order valence-corrected chi connectivity index (χ2v) is 21.5. The summed E-state index contributed by atoms with van der Waals surface area (Å²) in [4.78, 5) is 0. The van der Waals surface area contributed by atoms with Crippen molar-refractivity contribution >= 4 is 0 Å². The average molecular weight is 712 g/mol. The molecule has 0 heterocycles. The van der Waals surface area contributed by atoms with Gasteiger partial charge in [-0.05, 0) is 0 Å². The van der Waals surface area contributed by atoms with Gasteiger partial charge in [0.2, 0.25) is 0 Å². The van der Waals surface area contributed by atoms with Gasteiger partial charge in [0.1, 0.15) is 0 Å². The average Bonchev–Trinajstić information content (AvgIpc) is 2.16. The maximum Gasteiger partial charge on any atom is 0.0675 e. The van der Waals surface area contributed by atoms with Gasteiger partial charge in [0.15, 0.2) is 0 Å². The van der Waals surface area contributed by atoms with Gasteiger partial charge in [-0.1, -0.05) is 0 Å². The lowest BCUT2D eigenvalue weighted by Crippen LogP contribution is -2.27. The summed E-state index contributed by atoms with van der Waals surface area (Å²) in [7, 11) is 68.0. The predicted molar refractivity (Wildman–Crippen MR) is 227 cm³/mol. The zero-order chi connectivity index (χ0) is 36.0. The van der Waals surface area contributed by atoms with Crippen molar-refractivity contribution in [2.45, 2.75) is 0 Å². The SMILES string of the molecule is C[N+](C)(C)C.C[N+](C)(C)C.C[N+](C)(C)C.C[N+](C)(C)C.C[N+](C)(C)C.C[N+](C)(C)C.C[N+](C)(C)C.C[N+](C)(C)C.N.N.N.N.N.N.N. The third-order valence-corrected chi connectivity index (χ3v) is 0. The molecule has 47 heavy (non-hydrogen) atoms. The van der Waals surface area contributed by atoms with E-state index in [1.807, 2.05) is 0 Å². The fourth-order valence-electron chi connectivity index (χ4n) is 0. The molecule has 0 amide bonds. The van der Waals surface area contributed by atoms with Gasteiger partial charge >= 0.3 is 0 Å². The lowest BCUT2D eigenvalue weighted by Gasteiger charge is -2.14. The molecule has 0 aromatic rings. The summed E-state index contributed by atoms with van der Waals surface area (Å²) in [5.41, 5.74) is 0. The summed E-state index contributed by atoms with van der Waals surface area (Å²) in [6.07, 6.45) is 0. The van der Waals surface area contributed by atoms with Crippen molar-refractivity contribution in [1.29, 1.82) is 0 Å². The van der Waals surface area contributed by atoms with Crippen molar-refractivity contribution in [1.82, 2.24) is 43.1 Å². The van der Waals surface area contributed by atoms with E-state index in [0.717, 1.165) is 35.9 Å². The summed E-state index contributed by atoms with van der Waals surface area (Å²) in [5, 5.41) is 0. The van der Waals surface area contributed by atoms with Crippen molar-refractivity contribution < 1.29 is 35.9 Å². The van der Waals surface area contributed by atoms with Gasteiger partial charge in [-0.25, -0.2) is 0 Å². The molecule has 0 aliphatic rings. The minimum Gasteiger partial charge on any atom is -0.344 e. The summed E-state index contributed by atoms with van der Waals surface area (Å²) in [5.74, 6) is 0. The molecule has 0 spiro atoms. The van der Waals surface area contributed by atoms with Crippen LogP contribution in [0.4, 0.5) is 0 Å². The maximum atomic E-state index is 2.12. The highest BCUT2D eigenvalue weighted by Gasteiger charge is 1.91. The number of rotatable bonds is 0. The summed E-state index contributed by atoms with van der Waals surface area (Å²) >= 11 is 0. The topological polar surface area (TPSA) is 245 Å². The molecule has 0 saturated carbocycles. The third kappa shape index (κ3) is 238000. The van der Waals surface area contributed by atoms with E-state index in [4.69, 9.17) is 0 Å². The summed E-state index contributed by atoms with van der Waals surface area (Å²) in [6, 6.07) is 0. The van der Waals surface area contributed by atoms with E-state index < -0.39 is 0 Å². The molecule has 0 aromatic carbocycles. The molecule has 0 bridgehead atoms. The molecule has 0 radical (unpaired) electrons. The number of nitrogens with zero attached hydrogens (tertiary/aromatic N) is 8. The van der Waals surface area contributed by atoms with Crippen LogP contribution in [0, 0.1) is 0 Å². The molecular formula is C32H117N15+8. The van der Waals surface area contributed by atoms with E-state index in [-0.39, 0.29) is 43.1 Å². The fourth-order valence-corrected chi connectivity index (χ4v) is 0. The normalized spacial score (nSPS) is 10.2. The van der Waals surface area contributed by atoms with Gasteiger partial charge in [0, 0.05) is 0 Å². The molecular weight excluding hydrogens is 594 g/mol. The highest BCUT2D eigenvalue weighted by atomic mass is 15.3. The first-order valence-electron chi connectivity index (χ1n) is 14.3. The highest BCUT2D eigenvalue weighted by molar-refractivity contribution is 3.90. The lowest BCUT2D eigenvalue weighted by molar-refractivity contribution is -0.849. The Kier molecular flexibility index (Phi) is 82.2. The molecule has 312 valence electrons. The van der Waals surface area contributed by atoms with E-state index in [2.05, 4.69) is 226 Å². The summed E-state index contributed by atoms with van der Waals surface area (Å²) in [6.45, 7) is 0. The largest absolute Gasteiger partial charge is 0.344 e. The number of hydrogen-bond donors (Lipinski definition) is 7. The van der Waals surface area contributed by atoms with Crippen LogP contribution in [0.25, 0.3) is 0 Å². The molecule has 0 aliphatic carbocycles. The van der Waals surface area contributed by atoms with Gasteiger partial charge in [-0.15, -0.1) is 0 Å². The van der Waals surface area contributed by atoms with Gasteiger partial charge in [-0.2, -0.15) is 0 Å². The van der Waals surface area contributed by atoms with Crippen LogP contribution in [-0.2, 0) is 0 Å². The van der Waals surface area contributed by atoms with Crippen molar-refractivity contribution in [3.63, 3.8) is 0 Å². The monoisotopic (exact) mass is 712 g/mol. The highest BCUT2D eigenvalue weighted by Crippen LogP contribution is 1.76. The second kappa shape index (κ2) is 39.8. The Morgan fingerprint density at radius 1 is 0.106 bits per heavy atom. The van der Waals surface area contributed by atoms with E-state index in [1.165, 1.54) is 0 Å². The number of hydrogen-bond acceptors (Lipinski definition) is 7. The Labute approximate surface area is 304 Å². The van der Waals surface area contributed by atoms with Crippen LogP contribution in [0.3, 0.4) is 0 Å². The molecule has 0 aromatic heterocycles. The molecule has 0 rings (SSSR count). The Morgan fingerprint density at radius 3 is 0.106 bits per heavy atom. The van der Waals surface area contributed by atoms with Crippen LogP contribution in [0.1, 0.15) is 0 Å². The first-order chi connectivity index (χ1) is 16.0. The first-order valence-corrected chi connectivity index (χ1v) is 14.3. The second-order valence-electron chi connectivity index (χ2n) is 21.5. The standard InChI is InChI=1S/8C4H12N.7H3N/c8*1-5(2,3)4;;;;;;;/h8*1-4H3;7*1H3/q8*+1;;;;;;;. The van der Waals surface area contributed by atoms with Crippen molar-refractivity contribution in [2.75, 3.05) is 226 Å². The Hall–Kier alpha value is -0.600. The van der Waals surface area contributed by atoms with Crippen LogP contribution >= 0.6 is 0 Å². The fraction of sp³-hybridized carbons (Fsp3) is 1.00. The Morgan fingerprint density at radius 2 is 0.106 bits per heavy atom. The number of quaternary nitrogens is 8. The van der Waals surface area contributed by atoms with E-state index in [0.29, 0.717) is 0 Å². The molecule has 0 aliphatic heterocycles. The first kappa shape index (κ1) is 97.0. The van der Waals surface area contributed by atoms with E-state index in [9.17, 15) is 0 Å². The van der Waals surface area contributed by atoms with Crippen molar-refractivity contribution in [3.05, 3.63) is 0 Å².